The molecule has 146 valence electrons. The van der Waals surface area contributed by atoms with E-state index in [0.29, 0.717) is 19.5 Å². The van der Waals surface area contributed by atoms with Crippen LogP contribution < -0.4 is 10.6 Å². The SMILES string of the molecule is CN1C(=O)[C@@](CC(=O)N2CCC(N)CC2)(Cc2ccccc2)c2ccccc21. The molecule has 0 saturated carbocycles. The molecule has 2 amide bonds. The van der Waals surface area contributed by atoms with Crippen LogP contribution in [0.2, 0.25) is 0 Å². The summed E-state index contributed by atoms with van der Waals surface area (Å²) < 4.78 is 0. The van der Waals surface area contributed by atoms with Crippen molar-refractivity contribution < 1.29 is 9.59 Å². The standard InChI is InChI=1S/C23H27N3O2/c1-25-20-10-6-5-9-19(20)23(22(25)28,15-17-7-3-2-4-8-17)16-21(27)26-13-11-18(24)12-14-26/h2-10,18H,11-16,24H2,1H3/t23-/m1/s1. The molecular formula is C23H27N3O2. The third kappa shape index (κ3) is 3.20. The minimum atomic E-state index is -0.858. The molecule has 1 atom stereocenters. The van der Waals surface area contributed by atoms with E-state index in [1.54, 1.807) is 11.9 Å². The number of carbonyl (C=O) groups excluding carboxylic acids is 2. The van der Waals surface area contributed by atoms with Crippen molar-refractivity contribution in [3.63, 3.8) is 0 Å². The first-order valence-corrected chi connectivity index (χ1v) is 9.96. The Labute approximate surface area is 166 Å². The summed E-state index contributed by atoms with van der Waals surface area (Å²) in [5.74, 6) is 0.0425. The average molecular weight is 377 g/mol. The Bertz CT molecular complexity index is 874. The van der Waals surface area contributed by atoms with Crippen LogP contribution in [0.5, 0.6) is 0 Å². The second-order valence-corrected chi connectivity index (χ2v) is 8.02. The zero-order valence-corrected chi connectivity index (χ0v) is 16.3. The number of piperidine rings is 1. The van der Waals surface area contributed by atoms with Gasteiger partial charge in [0, 0.05) is 38.3 Å². The lowest BCUT2D eigenvalue weighted by atomic mass is 9.73. The highest BCUT2D eigenvalue weighted by Crippen LogP contribution is 2.45. The van der Waals surface area contributed by atoms with E-state index in [4.69, 9.17) is 5.73 Å². The molecule has 2 N–H and O–H groups in total. The van der Waals surface area contributed by atoms with Gasteiger partial charge in [-0.1, -0.05) is 48.5 Å². The fourth-order valence-electron chi connectivity index (χ4n) is 4.58. The molecule has 2 aromatic rings. The van der Waals surface area contributed by atoms with Crippen molar-refractivity contribution in [3.05, 3.63) is 65.7 Å². The number of fused-ring (bicyclic) bond motifs is 1. The van der Waals surface area contributed by atoms with E-state index in [0.717, 1.165) is 29.7 Å². The van der Waals surface area contributed by atoms with Crippen molar-refractivity contribution in [1.82, 2.24) is 4.90 Å². The molecule has 1 saturated heterocycles. The van der Waals surface area contributed by atoms with Gasteiger partial charge in [0.2, 0.25) is 11.8 Å². The van der Waals surface area contributed by atoms with E-state index in [1.165, 1.54) is 0 Å². The first kappa shape index (κ1) is 18.7. The highest BCUT2D eigenvalue weighted by Gasteiger charge is 2.51. The maximum Gasteiger partial charge on any atom is 0.238 e. The average Bonchev–Trinajstić information content (AvgIpc) is 2.92. The van der Waals surface area contributed by atoms with Gasteiger partial charge in [0.05, 0.1) is 5.41 Å². The molecule has 2 aliphatic rings. The molecule has 0 unspecified atom stereocenters. The van der Waals surface area contributed by atoms with E-state index < -0.39 is 5.41 Å². The topological polar surface area (TPSA) is 66.6 Å². The summed E-state index contributed by atoms with van der Waals surface area (Å²) in [6, 6.07) is 18.0. The van der Waals surface area contributed by atoms with Crippen LogP contribution in [0.4, 0.5) is 5.69 Å². The summed E-state index contributed by atoms with van der Waals surface area (Å²) in [6.45, 7) is 1.35. The number of para-hydroxylation sites is 1. The van der Waals surface area contributed by atoms with Crippen molar-refractivity contribution in [2.45, 2.75) is 37.1 Å². The van der Waals surface area contributed by atoms with Crippen LogP contribution in [0.15, 0.2) is 54.6 Å². The van der Waals surface area contributed by atoms with Gasteiger partial charge < -0.3 is 15.5 Å². The smallest absolute Gasteiger partial charge is 0.238 e. The van der Waals surface area contributed by atoms with Gasteiger partial charge in [-0.2, -0.15) is 0 Å². The Morgan fingerprint density at radius 1 is 1.07 bits per heavy atom. The van der Waals surface area contributed by atoms with Crippen molar-refractivity contribution in [2.24, 2.45) is 5.73 Å². The monoisotopic (exact) mass is 377 g/mol. The highest BCUT2D eigenvalue weighted by atomic mass is 16.2. The fraction of sp³-hybridized carbons (Fsp3) is 0.391. The lowest BCUT2D eigenvalue weighted by Gasteiger charge is -2.34. The van der Waals surface area contributed by atoms with Gasteiger partial charge in [-0.3, -0.25) is 9.59 Å². The highest BCUT2D eigenvalue weighted by molar-refractivity contribution is 6.09. The minimum Gasteiger partial charge on any atom is -0.343 e. The predicted octanol–water partition coefficient (Wildman–Crippen LogP) is 2.48. The number of nitrogens with zero attached hydrogens (tertiary/aromatic N) is 2. The van der Waals surface area contributed by atoms with Gasteiger partial charge in [-0.15, -0.1) is 0 Å². The lowest BCUT2D eigenvalue weighted by molar-refractivity contribution is -0.137. The molecule has 0 aromatic heterocycles. The molecule has 28 heavy (non-hydrogen) atoms. The second kappa shape index (κ2) is 7.40. The van der Waals surface area contributed by atoms with Crippen LogP contribution in [0.1, 0.15) is 30.4 Å². The molecule has 2 aliphatic heterocycles. The first-order chi connectivity index (χ1) is 13.5. The quantitative estimate of drug-likeness (QED) is 0.890. The van der Waals surface area contributed by atoms with Gasteiger partial charge in [-0.25, -0.2) is 0 Å². The first-order valence-electron chi connectivity index (χ1n) is 9.96. The Morgan fingerprint density at radius 2 is 1.71 bits per heavy atom. The van der Waals surface area contributed by atoms with Crippen LogP contribution in [0.25, 0.3) is 0 Å². The summed E-state index contributed by atoms with van der Waals surface area (Å²) in [7, 11) is 1.80. The maximum atomic E-state index is 13.5. The molecular weight excluding hydrogens is 350 g/mol. The molecule has 4 rings (SSSR count). The molecule has 5 nitrogen and oxygen atoms in total. The van der Waals surface area contributed by atoms with Gasteiger partial charge >= 0.3 is 0 Å². The van der Waals surface area contributed by atoms with Gasteiger partial charge in [0.25, 0.3) is 0 Å². The number of anilines is 1. The van der Waals surface area contributed by atoms with Crippen molar-refractivity contribution in [1.29, 1.82) is 0 Å². The number of likely N-dealkylation sites (tertiary alicyclic amines) is 1. The van der Waals surface area contributed by atoms with Crippen LogP contribution in [-0.2, 0) is 21.4 Å². The number of likely N-dealkylation sites (N-methyl/N-ethyl adjacent to an activating group) is 1. The summed E-state index contributed by atoms with van der Waals surface area (Å²) in [5.41, 5.74) is 8.05. The molecule has 2 heterocycles. The van der Waals surface area contributed by atoms with Crippen molar-refractivity contribution >= 4 is 17.5 Å². The molecule has 0 aliphatic carbocycles. The molecule has 1 fully saturated rings. The fourth-order valence-corrected chi connectivity index (χ4v) is 4.58. The lowest BCUT2D eigenvalue weighted by Crippen LogP contribution is -2.48. The number of nitrogens with two attached hydrogens (primary N) is 1. The number of carbonyl (C=O) groups is 2. The molecule has 2 aromatic carbocycles. The van der Waals surface area contributed by atoms with Crippen LogP contribution in [0, 0.1) is 0 Å². The molecule has 5 heteroatoms. The molecule has 0 bridgehead atoms. The Balaban J connectivity index is 1.71. The van der Waals surface area contributed by atoms with E-state index in [-0.39, 0.29) is 24.3 Å². The minimum absolute atomic E-state index is 0.000358. The Hall–Kier alpha value is -2.66. The Morgan fingerprint density at radius 3 is 2.43 bits per heavy atom. The maximum absolute atomic E-state index is 13.5. The predicted molar refractivity (Wildman–Crippen MR) is 110 cm³/mol. The summed E-state index contributed by atoms with van der Waals surface area (Å²) in [5, 5.41) is 0. The molecule has 0 radical (unpaired) electrons. The number of hydrogen-bond donors (Lipinski definition) is 1. The number of amides is 2. The van der Waals surface area contributed by atoms with Crippen LogP contribution in [0.3, 0.4) is 0 Å². The third-order valence-corrected chi connectivity index (χ3v) is 6.19. The van der Waals surface area contributed by atoms with E-state index in [2.05, 4.69) is 0 Å². The second-order valence-electron chi connectivity index (χ2n) is 8.02. The summed E-state index contributed by atoms with van der Waals surface area (Å²) in [6.07, 6.45) is 2.36. The number of rotatable bonds is 4. The number of hydrogen-bond acceptors (Lipinski definition) is 3. The van der Waals surface area contributed by atoms with Gasteiger partial charge in [-0.05, 0) is 36.5 Å². The van der Waals surface area contributed by atoms with E-state index in [9.17, 15) is 9.59 Å². The third-order valence-electron chi connectivity index (χ3n) is 6.19. The largest absolute Gasteiger partial charge is 0.343 e. The zero-order chi connectivity index (χ0) is 19.7. The van der Waals surface area contributed by atoms with Crippen LogP contribution in [-0.4, -0.2) is 42.9 Å². The van der Waals surface area contributed by atoms with Crippen molar-refractivity contribution in [3.8, 4) is 0 Å². The van der Waals surface area contributed by atoms with E-state index in [1.807, 2.05) is 59.5 Å². The summed E-state index contributed by atoms with van der Waals surface area (Å²) >= 11 is 0. The summed E-state index contributed by atoms with van der Waals surface area (Å²) in [4.78, 5) is 30.3. The Kier molecular flexibility index (Phi) is 4.94. The van der Waals surface area contributed by atoms with E-state index >= 15 is 0 Å². The molecule has 0 spiro atoms. The van der Waals surface area contributed by atoms with Gasteiger partial charge in [0.1, 0.15) is 0 Å². The zero-order valence-electron chi connectivity index (χ0n) is 16.3. The normalized spacial score (nSPS) is 22.4. The van der Waals surface area contributed by atoms with Crippen LogP contribution >= 0.6 is 0 Å². The van der Waals surface area contributed by atoms with Crippen molar-refractivity contribution in [2.75, 3.05) is 25.0 Å². The number of benzene rings is 2. The van der Waals surface area contributed by atoms with Gasteiger partial charge in [0.15, 0.2) is 0 Å².